The molecule has 4 heteroatoms. The standard InChI is InChI=1S/C19H22O4/c1-12(2)11-22-16-8-13(3)17(14(4)9-16)10-15-6-7-18(23-15)19(20)21-5/h6-9H,1,10-11H2,2-5H3. The molecule has 0 N–H and O–H groups in total. The van der Waals surface area contributed by atoms with Gasteiger partial charge in [-0.3, -0.25) is 0 Å². The smallest absolute Gasteiger partial charge is 0.373 e. The summed E-state index contributed by atoms with van der Waals surface area (Å²) in [5, 5.41) is 0. The number of aryl methyl sites for hydroxylation is 2. The maximum Gasteiger partial charge on any atom is 0.373 e. The van der Waals surface area contributed by atoms with Crippen molar-refractivity contribution in [2.24, 2.45) is 0 Å². The minimum atomic E-state index is -0.465. The molecule has 0 spiro atoms. The Balaban J connectivity index is 2.18. The van der Waals surface area contributed by atoms with E-state index in [9.17, 15) is 4.79 Å². The first-order valence-corrected chi connectivity index (χ1v) is 7.45. The average Bonchev–Trinajstić information content (AvgIpc) is 2.96. The minimum Gasteiger partial charge on any atom is -0.489 e. The van der Waals surface area contributed by atoms with Crippen LogP contribution in [0.3, 0.4) is 0 Å². The van der Waals surface area contributed by atoms with E-state index in [2.05, 4.69) is 11.3 Å². The molecule has 0 bridgehead atoms. The molecule has 2 rings (SSSR count). The summed E-state index contributed by atoms with van der Waals surface area (Å²) in [5.74, 6) is 1.32. The third-order valence-electron chi connectivity index (χ3n) is 3.55. The number of esters is 1. The number of carbonyl (C=O) groups is 1. The lowest BCUT2D eigenvalue weighted by Gasteiger charge is -2.13. The zero-order chi connectivity index (χ0) is 17.0. The van der Waals surface area contributed by atoms with E-state index in [0.717, 1.165) is 28.2 Å². The molecule has 0 fully saturated rings. The van der Waals surface area contributed by atoms with Gasteiger partial charge in [0.1, 0.15) is 18.1 Å². The van der Waals surface area contributed by atoms with E-state index in [-0.39, 0.29) is 5.76 Å². The fourth-order valence-electron chi connectivity index (χ4n) is 2.38. The zero-order valence-electron chi connectivity index (χ0n) is 14.1. The first-order valence-electron chi connectivity index (χ1n) is 7.45. The Morgan fingerprint density at radius 3 is 2.43 bits per heavy atom. The molecule has 0 amide bonds. The lowest BCUT2D eigenvalue weighted by molar-refractivity contribution is 0.0563. The molecule has 0 saturated carbocycles. The Hall–Kier alpha value is -2.49. The highest BCUT2D eigenvalue weighted by Gasteiger charge is 2.13. The van der Waals surface area contributed by atoms with Crippen LogP contribution in [0.25, 0.3) is 0 Å². The molecular weight excluding hydrogens is 292 g/mol. The highest BCUT2D eigenvalue weighted by Crippen LogP contribution is 2.25. The number of rotatable bonds is 6. The van der Waals surface area contributed by atoms with Crippen molar-refractivity contribution in [1.29, 1.82) is 0 Å². The van der Waals surface area contributed by atoms with Crippen molar-refractivity contribution in [2.75, 3.05) is 13.7 Å². The summed E-state index contributed by atoms with van der Waals surface area (Å²) in [6.07, 6.45) is 0.620. The van der Waals surface area contributed by atoms with E-state index in [1.165, 1.54) is 12.7 Å². The van der Waals surface area contributed by atoms with Gasteiger partial charge in [-0.25, -0.2) is 4.79 Å². The Morgan fingerprint density at radius 1 is 1.22 bits per heavy atom. The highest BCUT2D eigenvalue weighted by atomic mass is 16.5. The number of carbonyl (C=O) groups excluding carboxylic acids is 1. The van der Waals surface area contributed by atoms with Gasteiger partial charge in [-0.15, -0.1) is 0 Å². The van der Waals surface area contributed by atoms with Crippen molar-refractivity contribution >= 4 is 5.97 Å². The molecule has 0 radical (unpaired) electrons. The van der Waals surface area contributed by atoms with Crippen molar-refractivity contribution < 1.29 is 18.7 Å². The molecule has 0 atom stereocenters. The van der Waals surface area contributed by atoms with Crippen molar-refractivity contribution in [3.63, 3.8) is 0 Å². The molecule has 23 heavy (non-hydrogen) atoms. The number of furan rings is 1. The first kappa shape index (κ1) is 16.9. The molecule has 2 aromatic rings. The molecule has 0 aliphatic heterocycles. The van der Waals surface area contributed by atoms with Gasteiger partial charge in [-0.2, -0.15) is 0 Å². The largest absolute Gasteiger partial charge is 0.489 e. The Morgan fingerprint density at radius 2 is 1.87 bits per heavy atom. The van der Waals surface area contributed by atoms with Gasteiger partial charge in [0.05, 0.1) is 7.11 Å². The molecule has 1 heterocycles. The molecule has 1 aromatic carbocycles. The van der Waals surface area contributed by atoms with E-state index in [1.807, 2.05) is 32.9 Å². The summed E-state index contributed by atoms with van der Waals surface area (Å²) in [7, 11) is 1.34. The lowest BCUT2D eigenvalue weighted by Crippen LogP contribution is -2.01. The number of benzene rings is 1. The summed E-state index contributed by atoms with van der Waals surface area (Å²) in [6, 6.07) is 7.46. The van der Waals surface area contributed by atoms with Crippen LogP contribution in [0, 0.1) is 13.8 Å². The van der Waals surface area contributed by atoms with Gasteiger partial charge < -0.3 is 13.9 Å². The third-order valence-corrected chi connectivity index (χ3v) is 3.55. The SMILES string of the molecule is C=C(C)COc1cc(C)c(Cc2ccc(C(=O)OC)o2)c(C)c1. The number of methoxy groups -OCH3 is 1. The van der Waals surface area contributed by atoms with Crippen molar-refractivity contribution in [1.82, 2.24) is 0 Å². The lowest BCUT2D eigenvalue weighted by atomic mass is 9.98. The highest BCUT2D eigenvalue weighted by molar-refractivity contribution is 5.86. The molecule has 122 valence electrons. The van der Waals surface area contributed by atoms with Gasteiger partial charge >= 0.3 is 5.97 Å². The second kappa shape index (κ2) is 7.18. The quantitative estimate of drug-likeness (QED) is 0.591. The van der Waals surface area contributed by atoms with Gasteiger partial charge in [0, 0.05) is 6.42 Å². The summed E-state index contributed by atoms with van der Waals surface area (Å²) >= 11 is 0. The second-order valence-corrected chi connectivity index (χ2v) is 5.72. The molecule has 4 nitrogen and oxygen atoms in total. The number of hydrogen-bond acceptors (Lipinski definition) is 4. The van der Waals surface area contributed by atoms with E-state index in [1.54, 1.807) is 12.1 Å². The molecule has 0 aliphatic rings. The van der Waals surface area contributed by atoms with Crippen molar-refractivity contribution in [3.05, 3.63) is 64.6 Å². The predicted octanol–water partition coefficient (Wildman–Crippen LogP) is 4.23. The van der Waals surface area contributed by atoms with Crippen LogP contribution >= 0.6 is 0 Å². The summed E-state index contributed by atoms with van der Waals surface area (Å²) in [6.45, 7) is 10.4. The van der Waals surface area contributed by atoms with Crippen molar-refractivity contribution in [3.8, 4) is 5.75 Å². The van der Waals surface area contributed by atoms with Gasteiger partial charge in [0.15, 0.2) is 0 Å². The van der Waals surface area contributed by atoms with E-state index in [0.29, 0.717) is 13.0 Å². The molecule has 0 unspecified atom stereocenters. The van der Waals surface area contributed by atoms with Crippen LogP contribution in [-0.2, 0) is 11.2 Å². The van der Waals surface area contributed by atoms with Gasteiger partial charge in [0.25, 0.3) is 0 Å². The Kier molecular flexibility index (Phi) is 5.27. The summed E-state index contributed by atoms with van der Waals surface area (Å²) < 4.78 is 15.9. The fraction of sp³-hybridized carbons (Fsp3) is 0.316. The average molecular weight is 314 g/mol. The zero-order valence-corrected chi connectivity index (χ0v) is 14.1. The monoisotopic (exact) mass is 314 g/mol. The number of ether oxygens (including phenoxy) is 2. The topological polar surface area (TPSA) is 48.7 Å². The maximum absolute atomic E-state index is 11.4. The molecule has 0 aliphatic carbocycles. The normalized spacial score (nSPS) is 10.4. The van der Waals surface area contributed by atoms with Crippen molar-refractivity contribution in [2.45, 2.75) is 27.2 Å². The summed E-state index contributed by atoms with van der Waals surface area (Å²) in [4.78, 5) is 11.4. The van der Waals surface area contributed by atoms with Gasteiger partial charge in [0.2, 0.25) is 5.76 Å². The van der Waals surface area contributed by atoms with Gasteiger partial charge in [-0.1, -0.05) is 6.58 Å². The van der Waals surface area contributed by atoms with E-state index in [4.69, 9.17) is 9.15 Å². The predicted molar refractivity (Wildman–Crippen MR) is 89.1 cm³/mol. The Bertz CT molecular complexity index is 702. The summed E-state index contributed by atoms with van der Waals surface area (Å²) in [5.41, 5.74) is 4.39. The second-order valence-electron chi connectivity index (χ2n) is 5.72. The van der Waals surface area contributed by atoms with Crippen LogP contribution in [0.2, 0.25) is 0 Å². The van der Waals surface area contributed by atoms with Crippen LogP contribution in [0.1, 0.15) is 39.9 Å². The van der Waals surface area contributed by atoms with Crippen LogP contribution in [0.5, 0.6) is 5.75 Å². The van der Waals surface area contributed by atoms with Crippen LogP contribution < -0.4 is 4.74 Å². The molecular formula is C19H22O4. The van der Waals surface area contributed by atoms with Crippen LogP contribution in [0.4, 0.5) is 0 Å². The Labute approximate surface area is 136 Å². The minimum absolute atomic E-state index is 0.221. The molecule has 0 saturated heterocycles. The third kappa shape index (κ3) is 4.25. The van der Waals surface area contributed by atoms with E-state index < -0.39 is 5.97 Å². The maximum atomic E-state index is 11.4. The van der Waals surface area contributed by atoms with Gasteiger partial charge in [-0.05, 0) is 67.3 Å². The van der Waals surface area contributed by atoms with E-state index >= 15 is 0 Å². The first-order chi connectivity index (χ1) is 10.9. The number of hydrogen-bond donors (Lipinski definition) is 0. The van der Waals surface area contributed by atoms with Crippen LogP contribution in [-0.4, -0.2) is 19.7 Å². The molecule has 1 aromatic heterocycles. The fourth-order valence-corrected chi connectivity index (χ4v) is 2.38. The van der Waals surface area contributed by atoms with Crippen LogP contribution in [0.15, 0.2) is 40.8 Å².